The van der Waals surface area contributed by atoms with Crippen molar-refractivity contribution in [2.75, 3.05) is 37.7 Å². The Kier molecular flexibility index (Phi) is 7.95. The summed E-state index contributed by atoms with van der Waals surface area (Å²) >= 11 is 0. The second-order valence-electron chi connectivity index (χ2n) is 9.33. The summed E-state index contributed by atoms with van der Waals surface area (Å²) in [7, 11) is -3.53. The van der Waals surface area contributed by atoms with Crippen LogP contribution in [0, 0.1) is 11.6 Å². The first-order valence-corrected chi connectivity index (χ1v) is 14.4. The van der Waals surface area contributed by atoms with E-state index in [2.05, 4.69) is 5.10 Å². The van der Waals surface area contributed by atoms with Gasteiger partial charge in [0.15, 0.2) is 0 Å². The number of piperazine rings is 1. The Hall–Kier alpha value is -4.09. The Balaban J connectivity index is 1.48. The largest absolute Gasteiger partial charge is 0.494 e. The lowest BCUT2D eigenvalue weighted by Gasteiger charge is -2.36. The van der Waals surface area contributed by atoms with Gasteiger partial charge < -0.3 is 9.64 Å². The number of hydrogen-bond acceptors (Lipinski definition) is 6. The molecule has 1 saturated heterocycles. The van der Waals surface area contributed by atoms with Gasteiger partial charge >= 0.3 is 0 Å². The number of halogens is 2. The summed E-state index contributed by atoms with van der Waals surface area (Å²) in [6, 6.07) is 18.8. The Morgan fingerprint density at radius 3 is 2.17 bits per heavy atom. The fourth-order valence-electron chi connectivity index (χ4n) is 4.77. The molecule has 40 heavy (non-hydrogen) atoms. The maximum atomic E-state index is 14.0. The molecular weight excluding hydrogens is 538 g/mol. The van der Waals surface area contributed by atoms with Gasteiger partial charge in [-0.05, 0) is 42.3 Å². The standard InChI is InChI=1S/C29H28F2N4O4S/c1-2-39-26-10-8-22(9-11-26)28-27(19-32-35(29(28)36)25-17-23(30)16-24(31)18-25)33-12-14-34(15-13-33)40(37,38)20-21-6-4-3-5-7-21/h3-11,16-19H,2,12-15,20H2,1H3. The van der Waals surface area contributed by atoms with Gasteiger partial charge in [-0.15, -0.1) is 0 Å². The van der Waals surface area contributed by atoms with Crippen molar-refractivity contribution in [1.29, 1.82) is 0 Å². The molecule has 0 saturated carbocycles. The van der Waals surface area contributed by atoms with Crippen LogP contribution in [0.4, 0.5) is 14.5 Å². The average molecular weight is 567 g/mol. The zero-order valence-corrected chi connectivity index (χ0v) is 22.7. The quantitative estimate of drug-likeness (QED) is 0.318. The van der Waals surface area contributed by atoms with Gasteiger partial charge in [0, 0.05) is 32.2 Å². The van der Waals surface area contributed by atoms with Crippen molar-refractivity contribution in [3.63, 3.8) is 0 Å². The number of rotatable bonds is 8. The van der Waals surface area contributed by atoms with E-state index in [1.54, 1.807) is 48.5 Å². The number of hydrogen-bond donors (Lipinski definition) is 0. The number of ether oxygens (including phenoxy) is 1. The molecule has 11 heteroatoms. The third-order valence-corrected chi connectivity index (χ3v) is 8.52. The molecule has 8 nitrogen and oxygen atoms in total. The number of anilines is 1. The Morgan fingerprint density at radius 2 is 1.55 bits per heavy atom. The summed E-state index contributed by atoms with van der Waals surface area (Å²) in [4.78, 5) is 15.7. The molecule has 0 radical (unpaired) electrons. The molecule has 0 unspecified atom stereocenters. The van der Waals surface area contributed by atoms with Gasteiger partial charge in [-0.1, -0.05) is 42.5 Å². The second kappa shape index (κ2) is 11.6. The fourth-order valence-corrected chi connectivity index (χ4v) is 6.29. The van der Waals surface area contributed by atoms with E-state index < -0.39 is 27.2 Å². The molecule has 0 bridgehead atoms. The van der Waals surface area contributed by atoms with Crippen LogP contribution in [0.25, 0.3) is 16.8 Å². The Bertz CT molecular complexity index is 1630. The second-order valence-corrected chi connectivity index (χ2v) is 11.3. The molecule has 2 heterocycles. The summed E-state index contributed by atoms with van der Waals surface area (Å²) in [5, 5.41) is 4.24. The van der Waals surface area contributed by atoms with E-state index in [9.17, 15) is 22.0 Å². The molecule has 0 aliphatic carbocycles. The van der Waals surface area contributed by atoms with Gasteiger partial charge in [0.2, 0.25) is 10.0 Å². The van der Waals surface area contributed by atoms with Gasteiger partial charge in [0.05, 0.1) is 35.5 Å². The SMILES string of the molecule is CCOc1ccc(-c2c(N3CCN(S(=O)(=O)Cc4ccccc4)CC3)cnn(-c3cc(F)cc(F)c3)c2=O)cc1. The molecule has 4 aromatic rings. The summed E-state index contributed by atoms with van der Waals surface area (Å²) < 4.78 is 62.0. The monoisotopic (exact) mass is 566 g/mol. The van der Waals surface area contributed by atoms with Crippen LogP contribution in [0.15, 0.2) is 83.8 Å². The number of nitrogens with zero attached hydrogens (tertiary/aromatic N) is 4. The van der Waals surface area contributed by atoms with Gasteiger partial charge in [-0.3, -0.25) is 4.79 Å². The van der Waals surface area contributed by atoms with E-state index in [0.29, 0.717) is 42.3 Å². The summed E-state index contributed by atoms with van der Waals surface area (Å²) in [5.41, 5.74) is 1.45. The van der Waals surface area contributed by atoms with Crippen LogP contribution in [0.3, 0.4) is 0 Å². The van der Waals surface area contributed by atoms with Crippen LogP contribution in [-0.2, 0) is 15.8 Å². The first-order valence-electron chi connectivity index (χ1n) is 12.8. The summed E-state index contributed by atoms with van der Waals surface area (Å²) in [5.74, 6) is -1.12. The Morgan fingerprint density at radius 1 is 0.900 bits per heavy atom. The van der Waals surface area contributed by atoms with Crippen molar-refractivity contribution in [1.82, 2.24) is 14.1 Å². The van der Waals surface area contributed by atoms with Crippen LogP contribution >= 0.6 is 0 Å². The summed E-state index contributed by atoms with van der Waals surface area (Å²) in [6.07, 6.45) is 1.48. The molecule has 1 aliphatic rings. The van der Waals surface area contributed by atoms with Gasteiger partial charge in [0.1, 0.15) is 17.4 Å². The first kappa shape index (κ1) is 27.5. The smallest absolute Gasteiger partial charge is 0.281 e. The van der Waals surface area contributed by atoms with Crippen molar-refractivity contribution >= 4 is 15.7 Å². The third kappa shape index (κ3) is 5.90. The Labute approximate surface area is 231 Å². The van der Waals surface area contributed by atoms with Gasteiger partial charge in [-0.2, -0.15) is 14.1 Å². The molecule has 5 rings (SSSR count). The van der Waals surface area contributed by atoms with Crippen LogP contribution < -0.4 is 15.2 Å². The maximum Gasteiger partial charge on any atom is 0.281 e. The van der Waals surface area contributed by atoms with Crippen molar-refractivity contribution in [2.24, 2.45) is 0 Å². The predicted molar refractivity (Wildman–Crippen MR) is 149 cm³/mol. The van der Waals surface area contributed by atoms with E-state index in [1.165, 1.54) is 10.5 Å². The normalized spacial score (nSPS) is 14.3. The zero-order valence-electron chi connectivity index (χ0n) is 21.8. The highest BCUT2D eigenvalue weighted by Crippen LogP contribution is 2.30. The topological polar surface area (TPSA) is 84.7 Å². The van der Waals surface area contributed by atoms with Crippen molar-refractivity contribution in [3.05, 3.63) is 107 Å². The molecule has 1 aliphatic heterocycles. The maximum absolute atomic E-state index is 14.0. The van der Waals surface area contributed by atoms with E-state index in [4.69, 9.17) is 4.74 Å². The molecule has 1 aromatic heterocycles. The number of aromatic nitrogens is 2. The van der Waals surface area contributed by atoms with E-state index in [0.717, 1.165) is 22.9 Å². The molecule has 208 valence electrons. The predicted octanol–water partition coefficient (Wildman–Crippen LogP) is 4.23. The van der Waals surface area contributed by atoms with Crippen LogP contribution in [-0.4, -0.2) is 55.3 Å². The van der Waals surface area contributed by atoms with Crippen molar-refractivity contribution in [3.8, 4) is 22.6 Å². The number of benzene rings is 3. The minimum absolute atomic E-state index is 0.0435. The van der Waals surface area contributed by atoms with E-state index >= 15 is 0 Å². The molecular formula is C29H28F2N4O4S. The van der Waals surface area contributed by atoms with Crippen LogP contribution in [0.5, 0.6) is 5.75 Å². The summed E-state index contributed by atoms with van der Waals surface area (Å²) in [6.45, 7) is 3.47. The minimum atomic E-state index is -3.53. The van der Waals surface area contributed by atoms with E-state index in [-0.39, 0.29) is 30.1 Å². The molecule has 0 spiro atoms. The fraction of sp³-hybridized carbons (Fsp3) is 0.241. The molecule has 0 atom stereocenters. The lowest BCUT2D eigenvalue weighted by atomic mass is 10.0. The molecule has 0 N–H and O–H groups in total. The highest BCUT2D eigenvalue weighted by atomic mass is 32.2. The lowest BCUT2D eigenvalue weighted by molar-refractivity contribution is 0.340. The highest BCUT2D eigenvalue weighted by Gasteiger charge is 2.29. The third-order valence-electron chi connectivity index (χ3n) is 6.67. The molecule has 1 fully saturated rings. The van der Waals surface area contributed by atoms with Crippen molar-refractivity contribution < 1.29 is 21.9 Å². The molecule has 3 aromatic carbocycles. The molecule has 0 amide bonds. The van der Waals surface area contributed by atoms with Crippen LogP contribution in [0.2, 0.25) is 0 Å². The first-order chi connectivity index (χ1) is 19.2. The van der Waals surface area contributed by atoms with Gasteiger partial charge in [-0.25, -0.2) is 17.2 Å². The van der Waals surface area contributed by atoms with Gasteiger partial charge in [0.25, 0.3) is 5.56 Å². The van der Waals surface area contributed by atoms with E-state index in [1.807, 2.05) is 17.9 Å². The average Bonchev–Trinajstić information content (AvgIpc) is 2.93. The lowest BCUT2D eigenvalue weighted by Crippen LogP contribution is -2.49. The number of sulfonamides is 1. The van der Waals surface area contributed by atoms with Crippen LogP contribution in [0.1, 0.15) is 12.5 Å². The zero-order chi connectivity index (χ0) is 28.3. The minimum Gasteiger partial charge on any atom is -0.494 e. The van der Waals surface area contributed by atoms with Crippen molar-refractivity contribution in [2.45, 2.75) is 12.7 Å². The highest BCUT2D eigenvalue weighted by molar-refractivity contribution is 7.88.